The summed E-state index contributed by atoms with van der Waals surface area (Å²) in [6.07, 6.45) is 11.2. The molecule has 1 atom stereocenters. The molecule has 4 aromatic heterocycles. The third-order valence-corrected chi connectivity index (χ3v) is 5.86. The van der Waals surface area contributed by atoms with Crippen LogP contribution in [-0.4, -0.2) is 59.3 Å². The predicted octanol–water partition coefficient (Wildman–Crippen LogP) is 2.56. The smallest absolute Gasteiger partial charge is 0.376 e. The molecule has 1 aliphatic rings. The van der Waals surface area contributed by atoms with Gasteiger partial charge in [-0.05, 0) is 44.9 Å². The molecule has 0 bridgehead atoms. The molecule has 0 amide bonds. The van der Waals surface area contributed by atoms with Crippen molar-refractivity contribution in [3.05, 3.63) is 54.9 Å². The van der Waals surface area contributed by atoms with Gasteiger partial charge in [0, 0.05) is 54.4 Å². The fourth-order valence-electron chi connectivity index (χ4n) is 4.21. The molecule has 1 saturated heterocycles. The van der Waals surface area contributed by atoms with Crippen molar-refractivity contribution >= 4 is 24.2 Å². The van der Waals surface area contributed by atoms with Crippen LogP contribution in [0.5, 0.6) is 0 Å². The molecule has 5 rings (SSSR count). The molecule has 1 fully saturated rings. The van der Waals surface area contributed by atoms with E-state index in [9.17, 15) is 5.02 Å². The number of hydrogen-bond donors (Lipinski definition) is 2. The third-order valence-electron chi connectivity index (χ3n) is 5.86. The number of rotatable bonds is 5. The standard InChI is InChI=1S/C21H25BN8O/c1-22(31)29-9-3-4-15(14-29)19-10-20(26-17-5-7-23-8-6-17)30-21(27-19)18(12-25-30)16-11-24-28(2)13-16/h5-8,10-13,15,31H,3-4,9,14H2,1-2H3,(H,23,26). The lowest BCUT2D eigenvalue weighted by Gasteiger charge is -2.33. The van der Waals surface area contributed by atoms with Gasteiger partial charge in [0.05, 0.1) is 18.1 Å². The normalized spacial score (nSPS) is 17.2. The maximum absolute atomic E-state index is 10.1. The molecule has 2 N–H and O–H groups in total. The summed E-state index contributed by atoms with van der Waals surface area (Å²) in [4.78, 5) is 11.2. The number of pyridine rings is 1. The van der Waals surface area contributed by atoms with Gasteiger partial charge in [-0.3, -0.25) is 9.67 Å². The first kappa shape index (κ1) is 19.7. The zero-order valence-electron chi connectivity index (χ0n) is 17.7. The molecule has 9 nitrogen and oxygen atoms in total. The minimum Gasteiger partial charge on any atom is -0.437 e. The monoisotopic (exact) mass is 416 g/mol. The summed E-state index contributed by atoms with van der Waals surface area (Å²) < 4.78 is 3.61. The number of anilines is 2. The minimum atomic E-state index is -0.457. The fraction of sp³-hybridized carbons (Fsp3) is 0.333. The molecule has 31 heavy (non-hydrogen) atoms. The molecule has 1 aliphatic heterocycles. The summed E-state index contributed by atoms with van der Waals surface area (Å²) >= 11 is 0. The second-order valence-corrected chi connectivity index (χ2v) is 8.09. The number of fused-ring (bicyclic) bond motifs is 1. The zero-order chi connectivity index (χ0) is 21.4. The SMILES string of the molecule is CB(O)N1CCCC(c2cc(Nc3ccncc3)n3ncc(-c4cnn(C)c4)c3n2)C1. The molecule has 0 aromatic carbocycles. The van der Waals surface area contributed by atoms with E-state index in [1.54, 1.807) is 17.1 Å². The van der Waals surface area contributed by atoms with E-state index in [-0.39, 0.29) is 5.92 Å². The number of nitrogens with zero attached hydrogens (tertiary/aromatic N) is 7. The van der Waals surface area contributed by atoms with Crippen LogP contribution < -0.4 is 5.32 Å². The van der Waals surface area contributed by atoms with Crippen LogP contribution in [0.25, 0.3) is 16.8 Å². The molecule has 4 aromatic rings. The largest absolute Gasteiger partial charge is 0.437 e. The van der Waals surface area contributed by atoms with Crippen molar-refractivity contribution in [2.24, 2.45) is 7.05 Å². The van der Waals surface area contributed by atoms with Gasteiger partial charge in [0.1, 0.15) is 5.82 Å². The summed E-state index contributed by atoms with van der Waals surface area (Å²) in [6, 6.07) is 5.92. The molecule has 0 radical (unpaired) electrons. The molecule has 10 heteroatoms. The lowest BCUT2D eigenvalue weighted by atomic mass is 9.80. The van der Waals surface area contributed by atoms with Gasteiger partial charge in [0.15, 0.2) is 5.65 Å². The van der Waals surface area contributed by atoms with E-state index < -0.39 is 7.05 Å². The zero-order valence-corrected chi connectivity index (χ0v) is 17.7. The van der Waals surface area contributed by atoms with Gasteiger partial charge in [-0.15, -0.1) is 0 Å². The van der Waals surface area contributed by atoms with E-state index in [4.69, 9.17) is 4.98 Å². The molecule has 0 aliphatic carbocycles. The molecular formula is C21H25BN8O. The predicted molar refractivity (Wildman–Crippen MR) is 120 cm³/mol. The molecule has 0 saturated carbocycles. The van der Waals surface area contributed by atoms with E-state index >= 15 is 0 Å². The number of aryl methyl sites for hydroxylation is 1. The van der Waals surface area contributed by atoms with Crippen molar-refractivity contribution in [2.75, 3.05) is 18.4 Å². The summed E-state index contributed by atoms with van der Waals surface area (Å²) in [5.74, 6) is 1.08. The van der Waals surface area contributed by atoms with Crippen molar-refractivity contribution in [1.29, 1.82) is 0 Å². The van der Waals surface area contributed by atoms with Gasteiger partial charge >= 0.3 is 7.05 Å². The van der Waals surface area contributed by atoms with Gasteiger partial charge in [-0.2, -0.15) is 14.7 Å². The second kappa shape index (κ2) is 8.12. The molecular weight excluding hydrogens is 391 g/mol. The van der Waals surface area contributed by atoms with Crippen molar-refractivity contribution < 1.29 is 5.02 Å². The number of nitrogens with one attached hydrogen (secondary N) is 1. The highest BCUT2D eigenvalue weighted by Crippen LogP contribution is 2.32. The topological polar surface area (TPSA) is 96.4 Å². The molecule has 0 spiro atoms. The molecule has 5 heterocycles. The van der Waals surface area contributed by atoms with E-state index in [1.165, 1.54) is 0 Å². The third kappa shape index (κ3) is 3.91. The highest BCUT2D eigenvalue weighted by atomic mass is 16.2. The van der Waals surface area contributed by atoms with Gasteiger partial charge in [0.25, 0.3) is 0 Å². The van der Waals surface area contributed by atoms with Crippen molar-refractivity contribution in [3.63, 3.8) is 0 Å². The Kier molecular flexibility index (Phi) is 5.17. The van der Waals surface area contributed by atoms with Gasteiger partial charge in [-0.1, -0.05) is 0 Å². The first-order valence-electron chi connectivity index (χ1n) is 10.6. The van der Waals surface area contributed by atoms with Crippen molar-refractivity contribution in [3.8, 4) is 11.1 Å². The van der Waals surface area contributed by atoms with Gasteiger partial charge in [0.2, 0.25) is 0 Å². The van der Waals surface area contributed by atoms with Gasteiger partial charge in [-0.25, -0.2) is 4.98 Å². The summed E-state index contributed by atoms with van der Waals surface area (Å²) in [5, 5.41) is 22.5. The Morgan fingerprint density at radius 2 is 2.03 bits per heavy atom. The van der Waals surface area contributed by atoms with Crippen LogP contribution in [0.15, 0.2) is 49.2 Å². The van der Waals surface area contributed by atoms with Crippen molar-refractivity contribution in [2.45, 2.75) is 25.6 Å². The van der Waals surface area contributed by atoms with Crippen LogP contribution in [0.1, 0.15) is 24.5 Å². The van der Waals surface area contributed by atoms with Crippen LogP contribution in [0, 0.1) is 0 Å². The van der Waals surface area contributed by atoms with E-state index in [0.717, 1.165) is 59.9 Å². The van der Waals surface area contributed by atoms with Crippen LogP contribution in [0.3, 0.4) is 0 Å². The Balaban J connectivity index is 1.61. The van der Waals surface area contributed by atoms with Crippen LogP contribution in [0.2, 0.25) is 6.82 Å². The van der Waals surface area contributed by atoms with E-state index in [2.05, 4.69) is 31.4 Å². The van der Waals surface area contributed by atoms with Gasteiger partial charge < -0.3 is 15.2 Å². The average molecular weight is 416 g/mol. The highest BCUT2D eigenvalue weighted by molar-refractivity contribution is 6.45. The van der Waals surface area contributed by atoms with Crippen molar-refractivity contribution in [1.82, 2.24) is 34.2 Å². The maximum atomic E-state index is 10.1. The highest BCUT2D eigenvalue weighted by Gasteiger charge is 2.28. The quantitative estimate of drug-likeness (QED) is 0.483. The van der Waals surface area contributed by atoms with E-state index in [1.807, 2.05) is 49.1 Å². The Morgan fingerprint density at radius 1 is 1.19 bits per heavy atom. The van der Waals surface area contributed by atoms with Crippen LogP contribution in [0.4, 0.5) is 11.5 Å². The Hall–Kier alpha value is -3.24. The molecule has 158 valence electrons. The Labute approximate surface area is 180 Å². The first-order valence-corrected chi connectivity index (χ1v) is 10.6. The maximum Gasteiger partial charge on any atom is 0.376 e. The number of aromatic nitrogens is 6. The summed E-state index contributed by atoms with van der Waals surface area (Å²) in [7, 11) is 1.44. The first-order chi connectivity index (χ1) is 15.1. The lowest BCUT2D eigenvalue weighted by Crippen LogP contribution is -2.43. The number of hydrogen-bond acceptors (Lipinski definition) is 7. The Morgan fingerprint density at radius 3 is 2.77 bits per heavy atom. The second-order valence-electron chi connectivity index (χ2n) is 8.09. The summed E-state index contributed by atoms with van der Waals surface area (Å²) in [6.45, 7) is 3.52. The minimum absolute atomic E-state index is 0.239. The van der Waals surface area contributed by atoms with Crippen LogP contribution in [-0.2, 0) is 7.05 Å². The van der Waals surface area contributed by atoms with Crippen LogP contribution >= 0.6 is 0 Å². The average Bonchev–Trinajstić information content (AvgIpc) is 3.40. The number of piperidine rings is 1. The lowest BCUT2D eigenvalue weighted by molar-refractivity contribution is 0.283. The molecule has 1 unspecified atom stereocenters. The van der Waals surface area contributed by atoms with E-state index in [0.29, 0.717) is 0 Å². The fourth-order valence-corrected chi connectivity index (χ4v) is 4.21. The summed E-state index contributed by atoms with van der Waals surface area (Å²) in [5.41, 5.74) is 4.64. The Bertz CT molecular complexity index is 1190.